The van der Waals surface area contributed by atoms with Gasteiger partial charge in [0.15, 0.2) is 0 Å². The lowest BCUT2D eigenvalue weighted by Crippen LogP contribution is -2.33. The first-order valence-corrected chi connectivity index (χ1v) is 6.93. The molecule has 3 heterocycles. The van der Waals surface area contributed by atoms with E-state index in [1.807, 2.05) is 30.9 Å². The number of likely N-dealkylation sites (tertiary alicyclic amines) is 1. The van der Waals surface area contributed by atoms with Crippen molar-refractivity contribution < 1.29 is 0 Å². The Morgan fingerprint density at radius 3 is 2.79 bits per heavy atom. The van der Waals surface area contributed by atoms with Crippen molar-refractivity contribution in [3.05, 3.63) is 60.2 Å². The summed E-state index contributed by atoms with van der Waals surface area (Å²) in [6.07, 6.45) is 10.2. The van der Waals surface area contributed by atoms with E-state index in [0.717, 1.165) is 13.1 Å². The van der Waals surface area contributed by atoms with E-state index in [1.165, 1.54) is 30.5 Å². The second-order valence-corrected chi connectivity index (χ2v) is 5.22. The molecular weight excluding hydrogens is 234 g/mol. The summed E-state index contributed by atoms with van der Waals surface area (Å²) in [5.41, 5.74) is 2.73. The van der Waals surface area contributed by atoms with E-state index < -0.39 is 0 Å². The molecule has 3 rings (SSSR count). The lowest BCUT2D eigenvalue weighted by Gasteiger charge is -2.32. The van der Waals surface area contributed by atoms with Crippen molar-refractivity contribution in [3.63, 3.8) is 0 Å². The second kappa shape index (κ2) is 5.93. The van der Waals surface area contributed by atoms with Crippen molar-refractivity contribution in [2.45, 2.75) is 25.3 Å². The van der Waals surface area contributed by atoms with E-state index in [1.54, 1.807) is 0 Å². The number of aromatic nitrogens is 2. The number of piperidine rings is 1. The van der Waals surface area contributed by atoms with Gasteiger partial charge in [-0.15, -0.1) is 0 Å². The molecule has 2 aromatic rings. The number of rotatable bonds is 3. The number of pyridine rings is 2. The van der Waals surface area contributed by atoms with Crippen LogP contribution in [0.1, 0.15) is 29.9 Å². The maximum absolute atomic E-state index is 4.19. The Labute approximate surface area is 114 Å². The third-order valence-electron chi connectivity index (χ3n) is 3.81. The van der Waals surface area contributed by atoms with E-state index in [0.29, 0.717) is 5.92 Å². The summed E-state index contributed by atoms with van der Waals surface area (Å²) in [6.45, 7) is 3.34. The fraction of sp³-hybridized carbons (Fsp3) is 0.375. The molecule has 3 heteroatoms. The van der Waals surface area contributed by atoms with Crippen LogP contribution in [0.3, 0.4) is 0 Å². The summed E-state index contributed by atoms with van der Waals surface area (Å²) in [6, 6.07) is 8.47. The fourth-order valence-electron chi connectivity index (χ4n) is 2.86. The van der Waals surface area contributed by atoms with Crippen LogP contribution in [0.15, 0.2) is 49.1 Å². The molecule has 0 spiro atoms. The molecule has 98 valence electrons. The van der Waals surface area contributed by atoms with E-state index in [2.05, 4.69) is 33.1 Å². The standard InChI is InChI=1S/C16H19N3/c1-3-14(11-18-7-1)12-19-10-2-4-16(13-19)15-5-8-17-9-6-15/h1,3,5-9,11,16H,2,4,10,12-13H2. The zero-order valence-electron chi connectivity index (χ0n) is 11.1. The van der Waals surface area contributed by atoms with Crippen LogP contribution in [-0.2, 0) is 6.54 Å². The van der Waals surface area contributed by atoms with Crippen molar-refractivity contribution in [1.82, 2.24) is 14.9 Å². The van der Waals surface area contributed by atoms with Crippen molar-refractivity contribution in [1.29, 1.82) is 0 Å². The third-order valence-corrected chi connectivity index (χ3v) is 3.81. The Bertz CT molecular complexity index is 498. The highest BCUT2D eigenvalue weighted by Crippen LogP contribution is 2.27. The minimum Gasteiger partial charge on any atom is -0.298 e. The monoisotopic (exact) mass is 253 g/mol. The highest BCUT2D eigenvalue weighted by molar-refractivity contribution is 5.17. The number of hydrogen-bond acceptors (Lipinski definition) is 3. The minimum atomic E-state index is 0.647. The Balaban J connectivity index is 1.65. The fourth-order valence-corrected chi connectivity index (χ4v) is 2.86. The predicted octanol–water partition coefficient (Wildman–Crippen LogP) is 2.86. The summed E-state index contributed by atoms with van der Waals surface area (Å²) in [5, 5.41) is 0. The van der Waals surface area contributed by atoms with Crippen LogP contribution < -0.4 is 0 Å². The maximum Gasteiger partial charge on any atom is 0.0312 e. The highest BCUT2D eigenvalue weighted by atomic mass is 15.1. The molecule has 1 fully saturated rings. The molecule has 0 amide bonds. The Kier molecular flexibility index (Phi) is 3.84. The van der Waals surface area contributed by atoms with Crippen LogP contribution in [0, 0.1) is 0 Å². The largest absolute Gasteiger partial charge is 0.298 e. The number of nitrogens with zero attached hydrogens (tertiary/aromatic N) is 3. The summed E-state index contributed by atoms with van der Waals surface area (Å²) in [4.78, 5) is 10.8. The SMILES string of the molecule is c1cncc(CN2CCCC(c3ccncc3)C2)c1. The summed E-state index contributed by atoms with van der Waals surface area (Å²) in [5.74, 6) is 0.647. The van der Waals surface area contributed by atoms with Gasteiger partial charge in [0, 0.05) is 37.9 Å². The molecule has 1 saturated heterocycles. The summed E-state index contributed by atoms with van der Waals surface area (Å²) >= 11 is 0. The van der Waals surface area contributed by atoms with Crippen molar-refractivity contribution in [2.24, 2.45) is 0 Å². The van der Waals surface area contributed by atoms with Gasteiger partial charge in [-0.3, -0.25) is 14.9 Å². The first-order valence-electron chi connectivity index (χ1n) is 6.93. The van der Waals surface area contributed by atoms with Gasteiger partial charge in [-0.25, -0.2) is 0 Å². The average molecular weight is 253 g/mol. The van der Waals surface area contributed by atoms with Gasteiger partial charge in [0.05, 0.1) is 0 Å². The molecule has 1 aliphatic heterocycles. The van der Waals surface area contributed by atoms with Crippen LogP contribution in [0.2, 0.25) is 0 Å². The molecule has 0 N–H and O–H groups in total. The molecule has 1 atom stereocenters. The molecule has 1 aliphatic rings. The zero-order chi connectivity index (χ0) is 12.9. The summed E-state index contributed by atoms with van der Waals surface area (Å²) < 4.78 is 0. The second-order valence-electron chi connectivity index (χ2n) is 5.22. The molecule has 3 nitrogen and oxygen atoms in total. The van der Waals surface area contributed by atoms with Gasteiger partial charge in [-0.2, -0.15) is 0 Å². The lowest BCUT2D eigenvalue weighted by molar-refractivity contribution is 0.200. The predicted molar refractivity (Wildman–Crippen MR) is 75.7 cm³/mol. The molecule has 0 aromatic carbocycles. The first-order chi connectivity index (χ1) is 9.42. The van der Waals surface area contributed by atoms with Gasteiger partial charge in [-0.05, 0) is 54.6 Å². The highest BCUT2D eigenvalue weighted by Gasteiger charge is 2.21. The molecule has 2 aromatic heterocycles. The normalized spacial score (nSPS) is 20.3. The minimum absolute atomic E-state index is 0.647. The quantitative estimate of drug-likeness (QED) is 0.842. The molecule has 0 saturated carbocycles. The van der Waals surface area contributed by atoms with Gasteiger partial charge < -0.3 is 0 Å². The molecule has 19 heavy (non-hydrogen) atoms. The van der Waals surface area contributed by atoms with Gasteiger partial charge in [0.1, 0.15) is 0 Å². The van der Waals surface area contributed by atoms with Gasteiger partial charge in [0.25, 0.3) is 0 Å². The van der Waals surface area contributed by atoms with Crippen molar-refractivity contribution in [3.8, 4) is 0 Å². The van der Waals surface area contributed by atoms with Crippen LogP contribution in [0.5, 0.6) is 0 Å². The Hall–Kier alpha value is -1.74. The molecule has 0 aliphatic carbocycles. The lowest BCUT2D eigenvalue weighted by atomic mass is 9.91. The zero-order valence-corrected chi connectivity index (χ0v) is 11.1. The van der Waals surface area contributed by atoms with Crippen LogP contribution >= 0.6 is 0 Å². The average Bonchev–Trinajstić information content (AvgIpc) is 2.49. The Morgan fingerprint density at radius 2 is 2.00 bits per heavy atom. The van der Waals surface area contributed by atoms with E-state index in [9.17, 15) is 0 Å². The van der Waals surface area contributed by atoms with Crippen molar-refractivity contribution in [2.75, 3.05) is 13.1 Å². The van der Waals surface area contributed by atoms with Crippen LogP contribution in [0.4, 0.5) is 0 Å². The molecule has 1 unspecified atom stereocenters. The first kappa shape index (κ1) is 12.3. The Morgan fingerprint density at radius 1 is 1.11 bits per heavy atom. The third kappa shape index (κ3) is 3.18. The van der Waals surface area contributed by atoms with Crippen molar-refractivity contribution >= 4 is 0 Å². The van der Waals surface area contributed by atoms with E-state index in [-0.39, 0.29) is 0 Å². The van der Waals surface area contributed by atoms with Gasteiger partial charge in [0.2, 0.25) is 0 Å². The summed E-state index contributed by atoms with van der Waals surface area (Å²) in [7, 11) is 0. The van der Waals surface area contributed by atoms with Gasteiger partial charge in [-0.1, -0.05) is 6.07 Å². The molecular formula is C16H19N3. The maximum atomic E-state index is 4.19. The number of hydrogen-bond donors (Lipinski definition) is 0. The smallest absolute Gasteiger partial charge is 0.0312 e. The van der Waals surface area contributed by atoms with E-state index in [4.69, 9.17) is 0 Å². The molecule has 0 bridgehead atoms. The van der Waals surface area contributed by atoms with Gasteiger partial charge >= 0.3 is 0 Å². The van der Waals surface area contributed by atoms with E-state index >= 15 is 0 Å². The molecule has 0 radical (unpaired) electrons. The van der Waals surface area contributed by atoms with Crippen LogP contribution in [0.25, 0.3) is 0 Å². The van der Waals surface area contributed by atoms with Crippen LogP contribution in [-0.4, -0.2) is 28.0 Å². The topological polar surface area (TPSA) is 29.0 Å².